The molecule has 0 aliphatic rings. The minimum Gasteiger partial charge on any atom is -0.304 e. The maximum Gasteiger partial charge on any atom is 0.172 e. The highest BCUT2D eigenvalue weighted by molar-refractivity contribution is 5.88. The van der Waals surface area contributed by atoms with Crippen LogP contribution in [0.25, 0.3) is 5.57 Å². The third-order valence-corrected chi connectivity index (χ3v) is 4.45. The van der Waals surface area contributed by atoms with E-state index >= 15 is 0 Å². The topological polar surface area (TPSA) is 6.25 Å². The molecule has 140 valence electrons. The number of likely N-dealkylation sites (N-methyl/N-ethyl adjacent to an activating group) is 1. The quantitative estimate of drug-likeness (QED) is 0.285. The van der Waals surface area contributed by atoms with Crippen molar-refractivity contribution in [3.05, 3.63) is 35.4 Å². The number of rotatable bonds is 12. The number of hydrogen-bond donors (Lipinski definition) is 0. The van der Waals surface area contributed by atoms with Gasteiger partial charge in [-0.3, -0.25) is 0 Å². The van der Waals surface area contributed by atoms with E-state index in [9.17, 15) is 0 Å². The second kappa shape index (κ2) is 12.9. The van der Waals surface area contributed by atoms with Crippen molar-refractivity contribution in [2.24, 2.45) is 0 Å². The van der Waals surface area contributed by atoms with Gasteiger partial charge in [-0.15, -0.1) is 0 Å². The molecule has 0 saturated carbocycles. The van der Waals surface area contributed by atoms with Crippen molar-refractivity contribution in [2.45, 2.75) is 64.7 Å². The van der Waals surface area contributed by atoms with Crippen LogP contribution < -0.4 is 0 Å². The Morgan fingerprint density at radius 1 is 0.880 bits per heavy atom. The molecule has 1 rings (SSSR count). The normalized spacial score (nSPS) is 10.8. The summed E-state index contributed by atoms with van der Waals surface area (Å²) in [6.07, 6.45) is 12.3. The van der Waals surface area contributed by atoms with Crippen molar-refractivity contribution in [1.82, 2.24) is 4.90 Å². The predicted molar refractivity (Wildman–Crippen MR) is 112 cm³/mol. The van der Waals surface area contributed by atoms with Crippen molar-refractivity contribution in [2.75, 3.05) is 34.7 Å². The van der Waals surface area contributed by atoms with Crippen LogP contribution in [0.1, 0.15) is 69.4 Å². The van der Waals surface area contributed by atoms with Crippen molar-refractivity contribution in [1.29, 1.82) is 0 Å². The van der Waals surface area contributed by atoms with E-state index in [4.69, 9.17) is 0 Å². The van der Waals surface area contributed by atoms with E-state index in [1.165, 1.54) is 74.5 Å². The fourth-order valence-corrected chi connectivity index (χ4v) is 3.11. The van der Waals surface area contributed by atoms with Gasteiger partial charge in [0, 0.05) is 6.54 Å². The van der Waals surface area contributed by atoms with Crippen LogP contribution in [0.2, 0.25) is 0 Å². The summed E-state index contributed by atoms with van der Waals surface area (Å²) in [5, 5.41) is 0. The first-order valence-electron chi connectivity index (χ1n) is 10.1. The van der Waals surface area contributed by atoms with E-state index in [1.807, 2.05) is 18.7 Å². The Hall–Kier alpha value is -1.37. The van der Waals surface area contributed by atoms with E-state index < -0.39 is 0 Å². The Morgan fingerprint density at radius 2 is 1.44 bits per heavy atom. The first-order valence-corrected chi connectivity index (χ1v) is 10.1. The standard InChI is InChI=1S/C23H39N2/c1-6-7-8-9-10-11-12-13-14-21-15-17-22(18-16-21)23(19-24(2)3)20-25(4)5/h15-18H,6-14,19H2,1-5H3/q+1. The molecule has 25 heavy (non-hydrogen) atoms. The molecule has 1 aromatic carbocycles. The van der Waals surface area contributed by atoms with Gasteiger partial charge in [-0.25, -0.2) is 0 Å². The Morgan fingerprint density at radius 3 is 1.96 bits per heavy atom. The Bertz CT molecular complexity index is 530. The highest BCUT2D eigenvalue weighted by Gasteiger charge is 2.06. The van der Waals surface area contributed by atoms with Gasteiger partial charge in [0.2, 0.25) is 0 Å². The van der Waals surface area contributed by atoms with E-state index in [0.29, 0.717) is 0 Å². The van der Waals surface area contributed by atoms with Gasteiger partial charge in [0.25, 0.3) is 0 Å². The molecule has 0 unspecified atom stereocenters. The van der Waals surface area contributed by atoms with Crippen LogP contribution in [0.4, 0.5) is 0 Å². The third-order valence-electron chi connectivity index (χ3n) is 4.45. The molecule has 0 N–H and O–H groups in total. The van der Waals surface area contributed by atoms with Crippen LogP contribution in [0.15, 0.2) is 24.3 Å². The molecular formula is C23H39N2+. The zero-order chi connectivity index (χ0) is 18.5. The van der Waals surface area contributed by atoms with E-state index in [1.54, 1.807) is 0 Å². The smallest absolute Gasteiger partial charge is 0.172 e. The van der Waals surface area contributed by atoms with Crippen LogP contribution in [-0.2, 0) is 6.42 Å². The van der Waals surface area contributed by atoms with Gasteiger partial charge in [0.05, 0.1) is 5.57 Å². The second-order valence-corrected chi connectivity index (χ2v) is 7.64. The first kappa shape index (κ1) is 21.7. The molecule has 0 spiro atoms. The lowest BCUT2D eigenvalue weighted by Crippen LogP contribution is -2.15. The van der Waals surface area contributed by atoms with Gasteiger partial charge in [-0.1, -0.05) is 76.1 Å². The maximum atomic E-state index is 3.44. The molecule has 1 aromatic rings. The zero-order valence-electron chi connectivity index (χ0n) is 17.3. The summed E-state index contributed by atoms with van der Waals surface area (Å²) < 4.78 is 2.01. The number of hydrogen-bond acceptors (Lipinski definition) is 1. The van der Waals surface area contributed by atoms with Gasteiger partial charge >= 0.3 is 0 Å². The molecule has 0 amide bonds. The molecule has 0 saturated heterocycles. The van der Waals surface area contributed by atoms with E-state index in [0.717, 1.165) is 6.54 Å². The minimum atomic E-state index is 0.912. The molecule has 0 heterocycles. The maximum absolute atomic E-state index is 3.44. The van der Waals surface area contributed by atoms with Crippen molar-refractivity contribution in [3.8, 4) is 0 Å². The molecule has 0 radical (unpaired) electrons. The minimum absolute atomic E-state index is 0.912. The first-order chi connectivity index (χ1) is 12.0. The lowest BCUT2D eigenvalue weighted by molar-refractivity contribution is -0.456. The van der Waals surface area contributed by atoms with Gasteiger partial charge in [-0.2, -0.15) is 4.58 Å². The summed E-state index contributed by atoms with van der Waals surface area (Å²) in [5.74, 6) is 3.44. The molecular weight excluding hydrogens is 304 g/mol. The number of benzene rings is 1. The van der Waals surface area contributed by atoms with Crippen LogP contribution in [0.5, 0.6) is 0 Å². The summed E-state index contributed by atoms with van der Waals surface area (Å²) in [5.41, 5.74) is 3.99. The largest absolute Gasteiger partial charge is 0.304 e. The lowest BCUT2D eigenvalue weighted by Gasteiger charge is -2.11. The Balaban J connectivity index is 2.44. The summed E-state index contributed by atoms with van der Waals surface area (Å²) in [6.45, 7) is 3.19. The SMILES string of the molecule is CCCCCCCCCCc1ccc(C(=C=[N+](C)C)CN(C)C)cc1. The van der Waals surface area contributed by atoms with Crippen molar-refractivity contribution < 1.29 is 4.58 Å². The van der Waals surface area contributed by atoms with Gasteiger partial charge < -0.3 is 4.90 Å². The van der Waals surface area contributed by atoms with E-state index in [-0.39, 0.29) is 0 Å². The van der Waals surface area contributed by atoms with Crippen LogP contribution in [0, 0.1) is 0 Å². The highest BCUT2D eigenvalue weighted by atomic mass is 15.1. The van der Waals surface area contributed by atoms with Crippen LogP contribution in [0.3, 0.4) is 0 Å². The lowest BCUT2D eigenvalue weighted by atomic mass is 10.0. The van der Waals surface area contributed by atoms with Crippen LogP contribution in [-0.4, -0.2) is 50.1 Å². The number of unbranched alkanes of at least 4 members (excludes halogenated alkanes) is 7. The van der Waals surface area contributed by atoms with Crippen molar-refractivity contribution in [3.63, 3.8) is 0 Å². The zero-order valence-corrected chi connectivity index (χ0v) is 17.3. The number of nitrogens with zero attached hydrogens (tertiary/aromatic N) is 2. The molecule has 0 fully saturated rings. The monoisotopic (exact) mass is 343 g/mol. The molecule has 0 aliphatic heterocycles. The highest BCUT2D eigenvalue weighted by Crippen LogP contribution is 2.16. The van der Waals surface area contributed by atoms with Gasteiger partial charge in [-0.05, 0) is 38.1 Å². The molecule has 2 heteroatoms. The molecule has 0 aromatic heterocycles. The fourth-order valence-electron chi connectivity index (χ4n) is 3.11. The average molecular weight is 344 g/mol. The van der Waals surface area contributed by atoms with Crippen molar-refractivity contribution >= 4 is 11.4 Å². The van der Waals surface area contributed by atoms with E-state index in [2.05, 4.69) is 56.1 Å². The van der Waals surface area contributed by atoms with Crippen LogP contribution >= 0.6 is 0 Å². The third kappa shape index (κ3) is 10.3. The van der Waals surface area contributed by atoms with Gasteiger partial charge in [0.1, 0.15) is 14.1 Å². The summed E-state index contributed by atoms with van der Waals surface area (Å²) >= 11 is 0. The van der Waals surface area contributed by atoms with Gasteiger partial charge in [0.15, 0.2) is 5.87 Å². The summed E-state index contributed by atoms with van der Waals surface area (Å²) in [6, 6.07) is 9.11. The average Bonchev–Trinajstić information content (AvgIpc) is 2.56. The Kier molecular flexibility index (Phi) is 11.2. The summed E-state index contributed by atoms with van der Waals surface area (Å²) in [4.78, 5) is 2.19. The molecule has 0 atom stereocenters. The molecule has 0 aliphatic carbocycles. The number of aryl methyl sites for hydroxylation is 1. The Labute approximate surface area is 156 Å². The second-order valence-electron chi connectivity index (χ2n) is 7.64. The fraction of sp³-hybridized carbons (Fsp3) is 0.652. The predicted octanol–water partition coefficient (Wildman–Crippen LogP) is 5.26. The molecule has 0 bridgehead atoms. The summed E-state index contributed by atoms with van der Waals surface area (Å²) in [7, 11) is 8.28. The molecule has 2 nitrogen and oxygen atoms in total.